The molecule has 42 heavy (non-hydrogen) atoms. The van der Waals surface area contributed by atoms with Crippen LogP contribution in [-0.4, -0.2) is 64.3 Å². The summed E-state index contributed by atoms with van der Waals surface area (Å²) in [5.41, 5.74) is 5.95. The van der Waals surface area contributed by atoms with E-state index in [0.717, 1.165) is 37.1 Å². The molecule has 0 unspecified atom stereocenters. The average molecular weight is 569 g/mol. The second-order valence-electron chi connectivity index (χ2n) is 11.5. The van der Waals surface area contributed by atoms with Crippen LogP contribution in [0.3, 0.4) is 0 Å². The Kier molecular flexibility index (Phi) is 6.56. The number of nitrogens with one attached hydrogen (secondary N) is 1. The van der Waals surface area contributed by atoms with Crippen LogP contribution < -0.4 is 10.2 Å². The topological polar surface area (TPSA) is 92.1 Å². The third kappa shape index (κ3) is 4.74. The van der Waals surface area contributed by atoms with E-state index in [9.17, 15) is 9.59 Å². The number of alkyl carbamates (subject to hydrolysis) is 1. The van der Waals surface area contributed by atoms with E-state index in [2.05, 4.69) is 24.4 Å². The largest absolute Gasteiger partial charge is 0.453 e. The number of hydrogen-bond acceptors (Lipinski definition) is 6. The van der Waals surface area contributed by atoms with E-state index in [-0.39, 0.29) is 23.8 Å². The van der Waals surface area contributed by atoms with Gasteiger partial charge in [-0.3, -0.25) is 4.79 Å². The number of hydrogen-bond donors (Lipinski definition) is 1. The minimum absolute atomic E-state index is 0.0416. The number of anilines is 1. The zero-order chi connectivity index (χ0) is 29.0. The highest BCUT2D eigenvalue weighted by Crippen LogP contribution is 2.41. The molecule has 2 fully saturated rings. The van der Waals surface area contributed by atoms with Gasteiger partial charge < -0.3 is 19.9 Å². The Bertz CT molecular complexity index is 1700. The van der Waals surface area contributed by atoms with Crippen molar-refractivity contribution in [1.29, 1.82) is 0 Å². The fraction of sp³-hybridized carbons (Fsp3) is 0.375. The molecule has 1 saturated heterocycles. The zero-order valence-electron chi connectivity index (χ0n) is 23.7. The van der Waals surface area contributed by atoms with Crippen molar-refractivity contribution in [3.05, 3.63) is 82.9 Å². The van der Waals surface area contributed by atoms with Crippen LogP contribution in [-0.2, 0) is 11.2 Å². The lowest BCUT2D eigenvalue weighted by Gasteiger charge is -2.35. The summed E-state index contributed by atoms with van der Waals surface area (Å²) in [6.07, 6.45) is 3.16. The van der Waals surface area contributed by atoms with E-state index in [0.29, 0.717) is 48.2 Å². The maximum Gasteiger partial charge on any atom is 0.407 e. The minimum Gasteiger partial charge on any atom is -0.453 e. The zero-order valence-corrected chi connectivity index (χ0v) is 23.7. The van der Waals surface area contributed by atoms with E-state index < -0.39 is 6.09 Å². The van der Waals surface area contributed by atoms with Gasteiger partial charge in [-0.05, 0) is 68.0 Å². The monoisotopic (exact) mass is 568 g/mol. The van der Waals surface area contributed by atoms with Crippen LogP contribution in [0.1, 0.15) is 65.5 Å². The molecule has 216 valence electrons. The van der Waals surface area contributed by atoms with Gasteiger partial charge in [0.1, 0.15) is 11.5 Å². The SMILES string of the molecule is COC(=O)N[C@@H]1CCN(c2ccc(-c3cc4nc(C(=O)N5CCc6ccccc6[C@H]5C)cc(C5CC5)n4n3)c(F)c2)C1. The van der Waals surface area contributed by atoms with Crippen LogP contribution in [0.4, 0.5) is 14.9 Å². The number of amides is 2. The lowest BCUT2D eigenvalue weighted by Crippen LogP contribution is -2.39. The smallest absolute Gasteiger partial charge is 0.407 e. The molecule has 3 aliphatic rings. The molecule has 2 aliphatic heterocycles. The Balaban J connectivity index is 1.17. The number of rotatable bonds is 5. The van der Waals surface area contributed by atoms with E-state index in [4.69, 9.17) is 14.8 Å². The highest BCUT2D eigenvalue weighted by molar-refractivity contribution is 5.93. The van der Waals surface area contributed by atoms with Gasteiger partial charge in [0, 0.05) is 48.6 Å². The highest BCUT2D eigenvalue weighted by atomic mass is 19.1. The molecule has 0 bridgehead atoms. The van der Waals surface area contributed by atoms with Gasteiger partial charge in [0.25, 0.3) is 5.91 Å². The molecule has 2 amide bonds. The van der Waals surface area contributed by atoms with Crippen molar-refractivity contribution < 1.29 is 18.7 Å². The van der Waals surface area contributed by atoms with E-state index in [1.54, 1.807) is 16.6 Å². The average Bonchev–Trinajstić information content (AvgIpc) is 3.59. The summed E-state index contributed by atoms with van der Waals surface area (Å²) in [4.78, 5) is 34.0. The van der Waals surface area contributed by atoms with Gasteiger partial charge in [0.2, 0.25) is 0 Å². The Labute approximate surface area is 243 Å². The third-order valence-electron chi connectivity index (χ3n) is 8.81. The first kappa shape index (κ1) is 26.4. The number of carbonyl (C=O) groups is 2. The minimum atomic E-state index is -0.463. The van der Waals surface area contributed by atoms with Gasteiger partial charge in [0.05, 0.1) is 24.9 Å². The molecule has 4 aromatic rings. The van der Waals surface area contributed by atoms with Crippen molar-refractivity contribution >= 4 is 23.3 Å². The molecule has 1 saturated carbocycles. The summed E-state index contributed by atoms with van der Waals surface area (Å²) in [6.45, 7) is 3.99. The quantitative estimate of drug-likeness (QED) is 0.360. The molecule has 0 radical (unpaired) electrons. The third-order valence-corrected chi connectivity index (χ3v) is 8.81. The molecule has 2 aromatic carbocycles. The molecule has 4 heterocycles. The Morgan fingerprint density at radius 2 is 1.88 bits per heavy atom. The lowest BCUT2D eigenvalue weighted by molar-refractivity contribution is 0.0671. The second kappa shape index (κ2) is 10.4. The van der Waals surface area contributed by atoms with Crippen LogP contribution in [0.25, 0.3) is 16.9 Å². The predicted octanol–water partition coefficient (Wildman–Crippen LogP) is 5.11. The number of halogens is 1. The van der Waals surface area contributed by atoms with Crippen molar-refractivity contribution in [2.45, 2.75) is 50.6 Å². The summed E-state index contributed by atoms with van der Waals surface area (Å²) >= 11 is 0. The van der Waals surface area contributed by atoms with Crippen molar-refractivity contribution in [2.75, 3.05) is 31.6 Å². The number of carbonyl (C=O) groups excluding carboxylic acids is 2. The number of aromatic nitrogens is 3. The molecule has 2 atom stereocenters. The van der Waals surface area contributed by atoms with Crippen LogP contribution in [0, 0.1) is 5.82 Å². The Morgan fingerprint density at radius 1 is 1.05 bits per heavy atom. The first-order valence-corrected chi connectivity index (χ1v) is 14.6. The normalized spacial score (nSPS) is 20.1. The number of nitrogens with zero attached hydrogens (tertiary/aromatic N) is 5. The van der Waals surface area contributed by atoms with Crippen molar-refractivity contribution in [2.24, 2.45) is 0 Å². The fourth-order valence-electron chi connectivity index (χ4n) is 6.35. The number of methoxy groups -OCH3 is 1. The highest BCUT2D eigenvalue weighted by Gasteiger charge is 2.33. The van der Waals surface area contributed by atoms with Gasteiger partial charge in [-0.15, -0.1) is 0 Å². The summed E-state index contributed by atoms with van der Waals surface area (Å²) in [5, 5.41) is 7.57. The molecule has 2 aromatic heterocycles. The Hall–Kier alpha value is -4.47. The van der Waals surface area contributed by atoms with Gasteiger partial charge in [-0.25, -0.2) is 18.7 Å². The van der Waals surface area contributed by atoms with Crippen molar-refractivity contribution in [3.63, 3.8) is 0 Å². The first-order chi connectivity index (χ1) is 20.4. The molecule has 0 spiro atoms. The molecular formula is C32H33FN6O3. The van der Waals surface area contributed by atoms with Gasteiger partial charge in [-0.1, -0.05) is 24.3 Å². The molecule has 9 nitrogen and oxygen atoms in total. The van der Waals surface area contributed by atoms with Crippen molar-refractivity contribution in [3.8, 4) is 11.3 Å². The summed E-state index contributed by atoms with van der Waals surface area (Å²) in [7, 11) is 1.34. The first-order valence-electron chi connectivity index (χ1n) is 14.6. The van der Waals surface area contributed by atoms with Gasteiger partial charge in [0.15, 0.2) is 5.65 Å². The van der Waals surface area contributed by atoms with Gasteiger partial charge in [-0.2, -0.15) is 5.10 Å². The molecule has 1 aliphatic carbocycles. The lowest BCUT2D eigenvalue weighted by atomic mass is 9.93. The van der Waals surface area contributed by atoms with Crippen LogP contribution in [0.2, 0.25) is 0 Å². The fourth-order valence-corrected chi connectivity index (χ4v) is 6.35. The van der Waals surface area contributed by atoms with Gasteiger partial charge >= 0.3 is 6.09 Å². The predicted molar refractivity (Wildman–Crippen MR) is 156 cm³/mol. The number of benzene rings is 2. The maximum atomic E-state index is 15.5. The molecule has 10 heteroatoms. The van der Waals surface area contributed by atoms with Crippen molar-refractivity contribution in [1.82, 2.24) is 24.8 Å². The Morgan fingerprint density at radius 3 is 2.67 bits per heavy atom. The van der Waals surface area contributed by atoms with Crippen LogP contribution in [0.15, 0.2) is 54.6 Å². The van der Waals surface area contributed by atoms with E-state index in [1.807, 2.05) is 34.1 Å². The molecular weight excluding hydrogens is 535 g/mol. The van der Waals surface area contributed by atoms with Crippen LogP contribution >= 0.6 is 0 Å². The number of fused-ring (bicyclic) bond motifs is 2. The molecule has 1 N–H and O–H groups in total. The standard InChI is InChI=1S/C32H33FN6O3/c1-19-24-6-4-3-5-20(24)11-14-38(19)31(40)28-16-29(21-7-8-21)39-30(35-28)17-27(36-39)25-10-9-23(15-26(25)33)37-13-12-22(18-37)34-32(41)42-2/h3-6,9-10,15-17,19,21-22H,7-8,11-14,18H2,1-2H3,(H,34,41)/t19-,22-/m1/s1. The second-order valence-corrected chi connectivity index (χ2v) is 11.5. The number of ether oxygens (including phenoxy) is 1. The summed E-state index contributed by atoms with van der Waals surface area (Å²) < 4.78 is 22.0. The van der Waals surface area contributed by atoms with E-state index in [1.165, 1.54) is 24.3 Å². The summed E-state index contributed by atoms with van der Waals surface area (Å²) in [5.74, 6) is -0.168. The molecule has 7 rings (SSSR count). The van der Waals surface area contributed by atoms with E-state index >= 15 is 4.39 Å². The van der Waals surface area contributed by atoms with Crippen LogP contribution in [0.5, 0.6) is 0 Å². The maximum absolute atomic E-state index is 15.5. The summed E-state index contributed by atoms with van der Waals surface area (Å²) in [6, 6.07) is 17.0.